The highest BCUT2D eigenvalue weighted by Crippen LogP contribution is 2.45. The van der Waals surface area contributed by atoms with Crippen molar-refractivity contribution in [2.24, 2.45) is 17.8 Å². The number of aliphatic hydroxyl groups is 1. The molecule has 0 saturated carbocycles. The van der Waals surface area contributed by atoms with Crippen molar-refractivity contribution in [3.8, 4) is 0 Å². The smallest absolute Gasteiger partial charge is 0.0537 e. The Balaban J connectivity index is -0.000000324. The Labute approximate surface area is 250 Å². The van der Waals surface area contributed by atoms with E-state index in [1.165, 1.54) is 113 Å². The van der Waals surface area contributed by atoms with Gasteiger partial charge >= 0.3 is 0 Å². The van der Waals surface area contributed by atoms with Crippen molar-refractivity contribution in [2.75, 3.05) is 7.05 Å². The van der Waals surface area contributed by atoms with Gasteiger partial charge in [0.05, 0.1) is 6.10 Å². The molecule has 0 heterocycles. The van der Waals surface area contributed by atoms with E-state index in [2.05, 4.69) is 53.4 Å². The van der Waals surface area contributed by atoms with Crippen LogP contribution in [0.25, 0.3) is 0 Å². The van der Waals surface area contributed by atoms with Crippen molar-refractivity contribution < 1.29 is 5.11 Å². The number of rotatable bonds is 19. The fourth-order valence-corrected chi connectivity index (χ4v) is 5.66. The standard InChI is InChI=1S/C21H39NO.C11H24.2C2H6.CH4/c1-7-18(23)13-11-9-8-10-12-14-19-16(4)21(22-6)17(5)20(19)15(2)3;1-3-5-7-9-11-10-8-6-4-2;2*1-2;/h15,18-20,22-23H,4,7-14H2,1-3,5-6H3;3-11H2,1-2H3;2*1-2H3;1H4. The molecule has 0 fully saturated rings. The molecule has 0 radical (unpaired) electrons. The third-order valence-corrected chi connectivity index (χ3v) is 7.80. The Hall–Kier alpha value is -0.760. The molecule has 238 valence electrons. The van der Waals surface area contributed by atoms with E-state index < -0.39 is 0 Å². The van der Waals surface area contributed by atoms with Crippen molar-refractivity contribution in [3.63, 3.8) is 0 Å². The Bertz CT molecular complexity index is 514. The van der Waals surface area contributed by atoms with E-state index in [-0.39, 0.29) is 13.5 Å². The van der Waals surface area contributed by atoms with E-state index in [4.69, 9.17) is 0 Å². The van der Waals surface area contributed by atoms with Gasteiger partial charge in [-0.15, -0.1) is 0 Å². The van der Waals surface area contributed by atoms with Crippen LogP contribution in [0.5, 0.6) is 0 Å². The van der Waals surface area contributed by atoms with Gasteiger partial charge in [-0.25, -0.2) is 0 Å². The molecular formula is C37H79NO. The fourth-order valence-electron chi connectivity index (χ4n) is 5.66. The summed E-state index contributed by atoms with van der Waals surface area (Å²) in [6.45, 7) is 25.9. The molecule has 39 heavy (non-hydrogen) atoms. The summed E-state index contributed by atoms with van der Waals surface area (Å²) in [7, 11) is 2.02. The zero-order chi connectivity index (χ0) is 29.8. The molecule has 1 rings (SSSR count). The summed E-state index contributed by atoms with van der Waals surface area (Å²) in [6.07, 6.45) is 22.3. The van der Waals surface area contributed by atoms with Crippen LogP contribution in [-0.2, 0) is 0 Å². The lowest BCUT2D eigenvalue weighted by atomic mass is 9.79. The monoisotopic (exact) mass is 554 g/mol. The molecule has 3 unspecified atom stereocenters. The highest BCUT2D eigenvalue weighted by molar-refractivity contribution is 5.42. The molecule has 2 nitrogen and oxygen atoms in total. The molecule has 3 atom stereocenters. The van der Waals surface area contributed by atoms with Crippen LogP contribution >= 0.6 is 0 Å². The second-order valence-electron chi connectivity index (χ2n) is 11.1. The summed E-state index contributed by atoms with van der Waals surface area (Å²) >= 11 is 0. The second-order valence-corrected chi connectivity index (χ2v) is 11.1. The quantitative estimate of drug-likeness (QED) is 0.156. The predicted molar refractivity (Wildman–Crippen MR) is 184 cm³/mol. The van der Waals surface area contributed by atoms with Gasteiger partial charge in [0.15, 0.2) is 0 Å². The first-order chi connectivity index (χ1) is 18.3. The van der Waals surface area contributed by atoms with Crippen molar-refractivity contribution in [1.29, 1.82) is 0 Å². The van der Waals surface area contributed by atoms with Crippen LogP contribution in [0.2, 0.25) is 0 Å². The molecule has 0 aliphatic heterocycles. The summed E-state index contributed by atoms with van der Waals surface area (Å²) < 4.78 is 0. The molecule has 1 aliphatic rings. The van der Waals surface area contributed by atoms with E-state index in [1.807, 2.05) is 34.7 Å². The lowest BCUT2D eigenvalue weighted by molar-refractivity contribution is 0.156. The molecule has 0 aromatic carbocycles. The summed E-state index contributed by atoms with van der Waals surface area (Å²) in [5.41, 5.74) is 4.14. The van der Waals surface area contributed by atoms with E-state index >= 15 is 0 Å². The van der Waals surface area contributed by atoms with Crippen LogP contribution in [0.4, 0.5) is 0 Å². The number of hydrogen-bond donors (Lipinski definition) is 2. The summed E-state index contributed by atoms with van der Waals surface area (Å²) in [5.74, 6) is 1.96. The van der Waals surface area contributed by atoms with E-state index in [9.17, 15) is 5.11 Å². The van der Waals surface area contributed by atoms with E-state index in [1.54, 1.807) is 0 Å². The third-order valence-electron chi connectivity index (χ3n) is 7.80. The first-order valence-corrected chi connectivity index (χ1v) is 17.1. The zero-order valence-electron chi connectivity index (χ0n) is 28.5. The molecular weight excluding hydrogens is 474 g/mol. The van der Waals surface area contributed by atoms with Gasteiger partial charge in [0.1, 0.15) is 0 Å². The minimum absolute atomic E-state index is 0. The van der Waals surface area contributed by atoms with Crippen molar-refractivity contribution in [1.82, 2.24) is 5.32 Å². The molecule has 0 saturated heterocycles. The number of allylic oxidation sites excluding steroid dienone is 2. The number of likely N-dealkylation sites (N-methyl/N-ethyl adjacent to an activating group) is 1. The summed E-state index contributed by atoms with van der Waals surface area (Å²) in [4.78, 5) is 0. The maximum Gasteiger partial charge on any atom is 0.0537 e. The van der Waals surface area contributed by atoms with Crippen LogP contribution in [0.1, 0.15) is 186 Å². The Morgan fingerprint density at radius 2 is 1.15 bits per heavy atom. The number of unbranched alkanes of at least 4 members (excludes halogenated alkanes) is 12. The minimum Gasteiger partial charge on any atom is -0.393 e. The van der Waals surface area contributed by atoms with Crippen LogP contribution in [0.3, 0.4) is 0 Å². The topological polar surface area (TPSA) is 32.3 Å². The first-order valence-electron chi connectivity index (χ1n) is 17.1. The number of hydrogen-bond acceptors (Lipinski definition) is 2. The van der Waals surface area contributed by atoms with Gasteiger partial charge in [0.2, 0.25) is 0 Å². The van der Waals surface area contributed by atoms with Gasteiger partial charge < -0.3 is 10.4 Å². The molecule has 0 bridgehead atoms. The maximum atomic E-state index is 9.57. The average molecular weight is 554 g/mol. The Kier molecular flexibility index (Phi) is 38.8. The molecule has 0 spiro atoms. The van der Waals surface area contributed by atoms with Crippen LogP contribution in [-0.4, -0.2) is 18.3 Å². The van der Waals surface area contributed by atoms with Gasteiger partial charge in [0, 0.05) is 12.7 Å². The molecule has 1 aliphatic carbocycles. The molecule has 0 aromatic heterocycles. The molecule has 2 heteroatoms. The van der Waals surface area contributed by atoms with Crippen molar-refractivity contribution >= 4 is 0 Å². The van der Waals surface area contributed by atoms with Crippen molar-refractivity contribution in [2.45, 2.75) is 192 Å². The predicted octanol–water partition coefficient (Wildman–Crippen LogP) is 12.7. The fraction of sp³-hybridized carbons (Fsp3) is 0.892. The van der Waals surface area contributed by atoms with Crippen LogP contribution < -0.4 is 5.32 Å². The van der Waals surface area contributed by atoms with Crippen LogP contribution in [0, 0.1) is 17.8 Å². The molecule has 2 N–H and O–H groups in total. The van der Waals surface area contributed by atoms with E-state index in [0.717, 1.165) is 12.8 Å². The van der Waals surface area contributed by atoms with Gasteiger partial charge in [-0.1, -0.05) is 166 Å². The minimum atomic E-state index is -0.0855. The Morgan fingerprint density at radius 3 is 1.54 bits per heavy atom. The summed E-state index contributed by atoms with van der Waals surface area (Å²) in [6, 6.07) is 0. The van der Waals surface area contributed by atoms with Crippen LogP contribution in [0.15, 0.2) is 23.4 Å². The van der Waals surface area contributed by atoms with E-state index in [0.29, 0.717) is 17.8 Å². The second kappa shape index (κ2) is 33.4. The maximum absolute atomic E-state index is 9.57. The van der Waals surface area contributed by atoms with Gasteiger partial charge in [-0.05, 0) is 55.1 Å². The van der Waals surface area contributed by atoms with Crippen molar-refractivity contribution in [3.05, 3.63) is 23.4 Å². The van der Waals surface area contributed by atoms with Gasteiger partial charge in [0.25, 0.3) is 0 Å². The summed E-state index contributed by atoms with van der Waals surface area (Å²) in [5, 5.41) is 12.9. The molecule has 0 amide bonds. The third kappa shape index (κ3) is 22.6. The largest absolute Gasteiger partial charge is 0.393 e. The van der Waals surface area contributed by atoms with Gasteiger partial charge in [-0.2, -0.15) is 0 Å². The lowest BCUT2D eigenvalue weighted by Crippen LogP contribution is -2.18. The zero-order valence-corrected chi connectivity index (χ0v) is 28.5. The number of nitrogens with one attached hydrogen (secondary N) is 1. The Morgan fingerprint density at radius 1 is 0.744 bits per heavy atom. The highest BCUT2D eigenvalue weighted by atomic mass is 16.3. The van der Waals surface area contributed by atoms with Gasteiger partial charge in [-0.3, -0.25) is 0 Å². The highest BCUT2D eigenvalue weighted by Gasteiger charge is 2.36. The lowest BCUT2D eigenvalue weighted by Gasteiger charge is -2.25. The normalized spacial score (nSPS) is 16.8. The molecule has 0 aromatic rings. The number of aliphatic hydroxyl groups excluding tert-OH is 1. The first kappa shape index (κ1) is 45.2. The average Bonchev–Trinajstić information content (AvgIpc) is 3.18. The SMILES string of the molecule is C.C=C1C(NC)=C(C)C(C(C)C)C1CCCCCCCC(O)CC.CC.CC.CCCCCCCCCCC.